The van der Waals surface area contributed by atoms with Crippen molar-refractivity contribution in [3.8, 4) is 0 Å². The number of hydrogen-bond acceptors (Lipinski definition) is 6. The molecule has 35 heavy (non-hydrogen) atoms. The highest BCUT2D eigenvalue weighted by atomic mass is 32.2. The molecule has 2 aromatic rings. The molecule has 1 saturated heterocycles. The molecule has 3 rings (SSSR count). The van der Waals surface area contributed by atoms with Crippen LogP contribution in [0.4, 0.5) is 0 Å². The number of aromatic nitrogens is 2. The van der Waals surface area contributed by atoms with Crippen LogP contribution in [0.2, 0.25) is 0 Å². The number of carbonyl (C=O) groups excluding carboxylic acids is 2. The first kappa shape index (κ1) is 27.0. The van der Waals surface area contributed by atoms with E-state index < -0.39 is 38.2 Å². The highest BCUT2D eigenvalue weighted by Gasteiger charge is 2.41. The first-order valence-corrected chi connectivity index (χ1v) is 14.2. The Labute approximate surface area is 209 Å². The minimum atomic E-state index is -3.53. The fourth-order valence-electron chi connectivity index (χ4n) is 4.51. The van der Waals surface area contributed by atoms with Crippen LogP contribution in [0.25, 0.3) is 0 Å². The number of Topliss-reactive ketones (excluding diaryl/α,β-unsaturated/α-hetero) is 1. The van der Waals surface area contributed by atoms with E-state index >= 15 is 0 Å². The lowest BCUT2D eigenvalue weighted by Crippen LogP contribution is -2.47. The molecule has 1 atom stereocenters. The molecule has 0 radical (unpaired) electrons. The SMILES string of the molecule is CCC(C)(C)C(=O)C(=O)N1CCC[C@H]1CS(=O)(=O)C(CCc1cccnc1)CCc1cccnc1. The molecule has 0 saturated carbocycles. The van der Waals surface area contributed by atoms with Crippen LogP contribution < -0.4 is 0 Å². The monoisotopic (exact) mass is 499 g/mol. The lowest BCUT2D eigenvalue weighted by molar-refractivity contribution is -0.149. The lowest BCUT2D eigenvalue weighted by atomic mass is 9.84. The van der Waals surface area contributed by atoms with Gasteiger partial charge in [-0.1, -0.05) is 32.9 Å². The minimum absolute atomic E-state index is 0.108. The molecule has 3 heterocycles. The molecule has 0 aromatic carbocycles. The predicted molar refractivity (Wildman–Crippen MR) is 137 cm³/mol. The summed E-state index contributed by atoms with van der Waals surface area (Å²) in [5, 5.41) is -0.553. The number of aryl methyl sites for hydroxylation is 2. The van der Waals surface area contributed by atoms with E-state index in [4.69, 9.17) is 0 Å². The summed E-state index contributed by atoms with van der Waals surface area (Å²) in [5.74, 6) is -1.09. The molecule has 0 unspecified atom stereocenters. The van der Waals surface area contributed by atoms with E-state index in [-0.39, 0.29) is 5.75 Å². The van der Waals surface area contributed by atoms with Gasteiger partial charge in [-0.2, -0.15) is 0 Å². The van der Waals surface area contributed by atoms with Gasteiger partial charge in [-0.25, -0.2) is 8.42 Å². The number of carbonyl (C=O) groups is 2. The molecule has 0 spiro atoms. The summed E-state index contributed by atoms with van der Waals surface area (Å²) >= 11 is 0. The summed E-state index contributed by atoms with van der Waals surface area (Å²) in [6.07, 6.45) is 11.0. The summed E-state index contributed by atoms with van der Waals surface area (Å²) in [6.45, 7) is 5.84. The Balaban J connectivity index is 1.74. The Bertz CT molecular complexity index is 1040. The van der Waals surface area contributed by atoms with Gasteiger partial charge in [-0.15, -0.1) is 0 Å². The van der Waals surface area contributed by atoms with Gasteiger partial charge in [0.15, 0.2) is 9.84 Å². The van der Waals surface area contributed by atoms with Crippen molar-refractivity contribution in [1.82, 2.24) is 14.9 Å². The smallest absolute Gasteiger partial charge is 0.290 e. The van der Waals surface area contributed by atoms with Gasteiger partial charge >= 0.3 is 0 Å². The van der Waals surface area contributed by atoms with Gasteiger partial charge in [-0.3, -0.25) is 19.6 Å². The Morgan fingerprint density at radius 2 is 1.63 bits per heavy atom. The van der Waals surface area contributed by atoms with Crippen LogP contribution in [0.1, 0.15) is 64.0 Å². The zero-order valence-electron chi connectivity index (χ0n) is 21.0. The zero-order valence-corrected chi connectivity index (χ0v) is 21.8. The maximum atomic E-state index is 13.7. The van der Waals surface area contributed by atoms with E-state index in [0.29, 0.717) is 51.5 Å². The lowest BCUT2D eigenvalue weighted by Gasteiger charge is -2.29. The highest BCUT2D eigenvalue weighted by Crippen LogP contribution is 2.28. The van der Waals surface area contributed by atoms with Crippen molar-refractivity contribution in [3.05, 3.63) is 60.2 Å². The normalized spacial score (nSPS) is 16.6. The van der Waals surface area contributed by atoms with Gasteiger partial charge in [0.05, 0.1) is 11.0 Å². The first-order valence-electron chi connectivity index (χ1n) is 12.5. The molecule has 0 aliphatic carbocycles. The average molecular weight is 500 g/mol. The fraction of sp³-hybridized carbons (Fsp3) is 0.556. The van der Waals surface area contributed by atoms with Crippen LogP contribution in [0.15, 0.2) is 49.1 Å². The van der Waals surface area contributed by atoms with E-state index in [1.165, 1.54) is 4.90 Å². The summed E-state index contributed by atoms with van der Waals surface area (Å²) in [4.78, 5) is 35.6. The number of pyridine rings is 2. The first-order chi connectivity index (χ1) is 16.6. The number of likely N-dealkylation sites (tertiary alicyclic amines) is 1. The third-order valence-electron chi connectivity index (χ3n) is 7.22. The van der Waals surface area contributed by atoms with Crippen LogP contribution in [0, 0.1) is 5.41 Å². The van der Waals surface area contributed by atoms with E-state index in [9.17, 15) is 18.0 Å². The van der Waals surface area contributed by atoms with Crippen molar-refractivity contribution in [3.63, 3.8) is 0 Å². The third kappa shape index (κ3) is 7.19. The van der Waals surface area contributed by atoms with Gasteiger partial charge in [0.25, 0.3) is 5.91 Å². The maximum Gasteiger partial charge on any atom is 0.290 e. The van der Waals surface area contributed by atoms with E-state index in [0.717, 1.165) is 11.1 Å². The highest BCUT2D eigenvalue weighted by molar-refractivity contribution is 7.92. The van der Waals surface area contributed by atoms with Crippen LogP contribution in [-0.2, 0) is 32.3 Å². The number of ketones is 1. The summed E-state index contributed by atoms with van der Waals surface area (Å²) < 4.78 is 27.3. The molecule has 1 fully saturated rings. The molecule has 8 heteroatoms. The number of sulfone groups is 1. The molecule has 0 N–H and O–H groups in total. The maximum absolute atomic E-state index is 13.7. The van der Waals surface area contributed by atoms with E-state index in [2.05, 4.69) is 9.97 Å². The standard InChI is InChI=1S/C27H37N3O4S/c1-4-27(2,3)25(31)26(32)30-17-7-10-23(30)20-35(33,34)24(13-11-21-8-5-15-28-18-21)14-12-22-9-6-16-29-19-22/h5-6,8-9,15-16,18-19,23-24H,4,7,10-14,17,20H2,1-3H3/t23-/m0/s1. The number of nitrogens with zero attached hydrogens (tertiary/aromatic N) is 3. The molecule has 7 nitrogen and oxygen atoms in total. The van der Waals surface area contributed by atoms with Crippen LogP contribution in [0.3, 0.4) is 0 Å². The van der Waals surface area contributed by atoms with Crippen LogP contribution >= 0.6 is 0 Å². The molecule has 2 aromatic heterocycles. The van der Waals surface area contributed by atoms with Crippen LogP contribution in [0.5, 0.6) is 0 Å². The second-order valence-corrected chi connectivity index (χ2v) is 12.4. The average Bonchev–Trinajstić information content (AvgIpc) is 3.31. The molecule has 1 aliphatic heterocycles. The van der Waals surface area contributed by atoms with Gasteiger partial charge in [0.2, 0.25) is 5.78 Å². The molecule has 1 aliphatic rings. The Morgan fingerprint density at radius 1 is 1.06 bits per heavy atom. The van der Waals surface area contributed by atoms with Crippen molar-refractivity contribution in [2.45, 2.75) is 77.0 Å². The number of amides is 1. The molecular formula is C27H37N3O4S. The van der Waals surface area contributed by atoms with E-state index in [1.807, 2.05) is 31.2 Å². The van der Waals surface area contributed by atoms with Crippen molar-refractivity contribution in [2.75, 3.05) is 12.3 Å². The van der Waals surface area contributed by atoms with Gasteiger partial charge < -0.3 is 4.90 Å². The molecule has 190 valence electrons. The van der Waals surface area contributed by atoms with Gasteiger partial charge in [-0.05, 0) is 68.2 Å². The van der Waals surface area contributed by atoms with Crippen molar-refractivity contribution in [2.24, 2.45) is 5.41 Å². The fourth-order valence-corrected chi connectivity index (χ4v) is 6.62. The number of rotatable bonds is 12. The number of hydrogen-bond donors (Lipinski definition) is 0. The molecular weight excluding hydrogens is 462 g/mol. The Kier molecular flexibility index (Phi) is 9.16. The topological polar surface area (TPSA) is 97.3 Å². The Hall–Kier alpha value is -2.61. The third-order valence-corrected chi connectivity index (χ3v) is 9.56. The minimum Gasteiger partial charge on any atom is -0.332 e. The predicted octanol–water partition coefficient (Wildman–Crippen LogP) is 3.82. The zero-order chi connectivity index (χ0) is 25.5. The molecule has 0 bridgehead atoms. The summed E-state index contributed by atoms with van der Waals surface area (Å²) in [7, 11) is -3.53. The van der Waals surface area contributed by atoms with Crippen molar-refractivity contribution >= 4 is 21.5 Å². The Morgan fingerprint density at radius 3 is 2.11 bits per heavy atom. The van der Waals surface area contributed by atoms with Crippen LogP contribution in [-0.4, -0.2) is 58.6 Å². The summed E-state index contributed by atoms with van der Waals surface area (Å²) in [5.41, 5.74) is 1.25. The largest absolute Gasteiger partial charge is 0.332 e. The second-order valence-electron chi connectivity index (χ2n) is 10.1. The summed E-state index contributed by atoms with van der Waals surface area (Å²) in [6, 6.07) is 7.16. The van der Waals surface area contributed by atoms with Gasteiger partial charge in [0.1, 0.15) is 0 Å². The van der Waals surface area contributed by atoms with Gasteiger partial charge in [0, 0.05) is 42.8 Å². The quantitative estimate of drug-likeness (QED) is 0.412. The second kappa shape index (κ2) is 11.9. The molecule has 1 amide bonds. The van der Waals surface area contributed by atoms with E-state index in [1.54, 1.807) is 38.6 Å². The van der Waals surface area contributed by atoms with Crippen molar-refractivity contribution in [1.29, 1.82) is 0 Å². The van der Waals surface area contributed by atoms with Crippen molar-refractivity contribution < 1.29 is 18.0 Å².